The second-order valence-corrected chi connectivity index (χ2v) is 5.38. The molecule has 1 atom stereocenters. The highest BCUT2D eigenvalue weighted by molar-refractivity contribution is 6.06. The Bertz CT molecular complexity index is 353. The van der Waals surface area contributed by atoms with Gasteiger partial charge in [0.2, 0.25) is 5.91 Å². The number of hydrogen-bond donors (Lipinski definition) is 2. The van der Waals surface area contributed by atoms with Crippen molar-refractivity contribution < 1.29 is 10.0 Å². The monoisotopic (exact) mass is 270 g/mol. The van der Waals surface area contributed by atoms with E-state index >= 15 is 0 Å². The maximum Gasteiger partial charge on any atom is 0.236 e. The van der Waals surface area contributed by atoms with Gasteiger partial charge in [0.15, 0.2) is 5.84 Å². The molecule has 1 aliphatic rings. The Morgan fingerprint density at radius 1 is 1.42 bits per heavy atom. The molecule has 0 spiro atoms. The predicted molar refractivity (Wildman–Crippen MR) is 75.1 cm³/mol. The average molecular weight is 270 g/mol. The lowest BCUT2D eigenvalue weighted by molar-refractivity contribution is -0.143. The first kappa shape index (κ1) is 15.8. The van der Waals surface area contributed by atoms with Crippen molar-refractivity contribution in [2.45, 2.75) is 39.7 Å². The Kier molecular flexibility index (Phi) is 5.17. The van der Waals surface area contributed by atoms with Gasteiger partial charge in [-0.1, -0.05) is 19.0 Å². The molecule has 0 radical (unpaired) electrons. The number of amidine groups is 1. The molecule has 0 aromatic rings. The summed E-state index contributed by atoms with van der Waals surface area (Å²) < 4.78 is 0. The minimum absolute atomic E-state index is 0.0200. The van der Waals surface area contributed by atoms with Crippen molar-refractivity contribution in [1.29, 1.82) is 0 Å². The molecule has 6 heteroatoms. The minimum Gasteiger partial charge on any atom is -0.409 e. The zero-order valence-corrected chi connectivity index (χ0v) is 12.4. The molecule has 0 aromatic heterocycles. The lowest BCUT2D eigenvalue weighted by atomic mass is 9.79. The molecular weight excluding hydrogens is 244 g/mol. The first-order chi connectivity index (χ1) is 8.92. The summed E-state index contributed by atoms with van der Waals surface area (Å²) in [4.78, 5) is 16.9. The Balaban J connectivity index is 3.01. The highest BCUT2D eigenvalue weighted by atomic mass is 16.4. The van der Waals surface area contributed by atoms with Gasteiger partial charge < -0.3 is 20.7 Å². The fourth-order valence-corrected chi connectivity index (χ4v) is 2.84. The second kappa shape index (κ2) is 6.23. The van der Waals surface area contributed by atoms with Crippen LogP contribution in [0.1, 0.15) is 33.6 Å². The number of rotatable bonds is 4. The Hall–Kier alpha value is -1.30. The Labute approximate surface area is 115 Å². The third-order valence-corrected chi connectivity index (χ3v) is 4.31. The van der Waals surface area contributed by atoms with E-state index in [0.717, 1.165) is 13.1 Å². The summed E-state index contributed by atoms with van der Waals surface area (Å²) in [5.74, 6) is 0.00188. The molecule has 0 aliphatic carbocycles. The van der Waals surface area contributed by atoms with Gasteiger partial charge >= 0.3 is 0 Å². The van der Waals surface area contributed by atoms with Crippen LogP contribution in [0.5, 0.6) is 0 Å². The zero-order valence-electron chi connectivity index (χ0n) is 12.4. The van der Waals surface area contributed by atoms with Crippen molar-refractivity contribution in [2.75, 3.05) is 26.7 Å². The van der Waals surface area contributed by atoms with Gasteiger partial charge in [-0.3, -0.25) is 4.79 Å². The quantitative estimate of drug-likeness (QED) is 0.341. The largest absolute Gasteiger partial charge is 0.409 e. The first-order valence-electron chi connectivity index (χ1n) is 6.90. The van der Waals surface area contributed by atoms with E-state index in [4.69, 9.17) is 10.9 Å². The summed E-state index contributed by atoms with van der Waals surface area (Å²) in [5, 5.41) is 12.1. The Morgan fingerprint density at radius 2 is 2.00 bits per heavy atom. The van der Waals surface area contributed by atoms with E-state index in [1.807, 2.05) is 25.7 Å². The van der Waals surface area contributed by atoms with Crippen molar-refractivity contribution >= 4 is 11.7 Å². The van der Waals surface area contributed by atoms with E-state index < -0.39 is 5.41 Å². The van der Waals surface area contributed by atoms with E-state index in [1.165, 1.54) is 0 Å². The van der Waals surface area contributed by atoms with Gasteiger partial charge in [-0.25, -0.2) is 0 Å². The Morgan fingerprint density at radius 3 is 2.42 bits per heavy atom. The van der Waals surface area contributed by atoms with Gasteiger partial charge in [0.05, 0.1) is 0 Å². The SMILES string of the molecule is CCC(CC)(C(=O)N1CCN(C)CC1C)C(N)=NO. The minimum atomic E-state index is -0.876. The summed E-state index contributed by atoms with van der Waals surface area (Å²) in [7, 11) is 2.05. The number of likely N-dealkylation sites (N-methyl/N-ethyl adjacent to an activating group) is 1. The molecule has 1 fully saturated rings. The lowest BCUT2D eigenvalue weighted by Crippen LogP contribution is -2.59. The normalized spacial score (nSPS) is 22.6. The molecule has 1 aliphatic heterocycles. The number of carbonyl (C=O) groups excluding carboxylic acids is 1. The molecule has 1 heterocycles. The van der Waals surface area contributed by atoms with Crippen LogP contribution in [0.3, 0.4) is 0 Å². The number of nitrogens with zero attached hydrogens (tertiary/aromatic N) is 3. The van der Waals surface area contributed by atoms with Gasteiger partial charge in [-0.15, -0.1) is 0 Å². The van der Waals surface area contributed by atoms with Crippen LogP contribution in [-0.2, 0) is 4.79 Å². The van der Waals surface area contributed by atoms with Crippen LogP contribution >= 0.6 is 0 Å². The fourth-order valence-electron chi connectivity index (χ4n) is 2.84. The van der Waals surface area contributed by atoms with Crippen molar-refractivity contribution in [3.05, 3.63) is 0 Å². The van der Waals surface area contributed by atoms with Crippen molar-refractivity contribution in [2.24, 2.45) is 16.3 Å². The molecule has 1 unspecified atom stereocenters. The molecule has 1 saturated heterocycles. The van der Waals surface area contributed by atoms with E-state index in [9.17, 15) is 4.79 Å². The number of hydrogen-bond acceptors (Lipinski definition) is 4. The number of piperazine rings is 1. The first-order valence-corrected chi connectivity index (χ1v) is 6.90. The van der Waals surface area contributed by atoms with E-state index in [-0.39, 0.29) is 17.8 Å². The van der Waals surface area contributed by atoms with Gasteiger partial charge in [0.25, 0.3) is 0 Å². The number of oxime groups is 1. The lowest BCUT2D eigenvalue weighted by Gasteiger charge is -2.43. The van der Waals surface area contributed by atoms with Crippen molar-refractivity contribution in [3.63, 3.8) is 0 Å². The fraction of sp³-hybridized carbons (Fsp3) is 0.846. The second-order valence-electron chi connectivity index (χ2n) is 5.38. The van der Waals surface area contributed by atoms with E-state index in [1.54, 1.807) is 0 Å². The molecule has 19 heavy (non-hydrogen) atoms. The van der Waals surface area contributed by atoms with Crippen molar-refractivity contribution in [1.82, 2.24) is 9.80 Å². The predicted octanol–water partition coefficient (Wildman–Crippen LogP) is 0.702. The van der Waals surface area contributed by atoms with Gasteiger partial charge in [0, 0.05) is 25.7 Å². The number of nitrogens with two attached hydrogens (primary N) is 1. The number of carbonyl (C=O) groups is 1. The van der Waals surface area contributed by atoms with Crippen molar-refractivity contribution in [3.8, 4) is 0 Å². The molecular formula is C13H26N4O2. The molecule has 6 nitrogen and oxygen atoms in total. The molecule has 0 aromatic carbocycles. The van der Waals surface area contributed by atoms with Crippen LogP contribution in [0.25, 0.3) is 0 Å². The molecule has 1 amide bonds. The molecule has 0 saturated carbocycles. The summed E-state index contributed by atoms with van der Waals surface area (Å²) in [6.45, 7) is 8.24. The van der Waals surface area contributed by atoms with Gasteiger partial charge in [-0.2, -0.15) is 0 Å². The zero-order chi connectivity index (χ0) is 14.6. The third-order valence-electron chi connectivity index (χ3n) is 4.31. The van der Waals surface area contributed by atoms with Gasteiger partial charge in [0.1, 0.15) is 5.41 Å². The summed E-state index contributed by atoms with van der Waals surface area (Å²) in [5.41, 5.74) is 4.92. The summed E-state index contributed by atoms with van der Waals surface area (Å²) >= 11 is 0. The van der Waals surface area contributed by atoms with Crippen LogP contribution < -0.4 is 5.73 Å². The molecule has 3 N–H and O–H groups in total. The molecule has 110 valence electrons. The van der Waals surface area contributed by atoms with E-state index in [2.05, 4.69) is 17.1 Å². The average Bonchev–Trinajstić information content (AvgIpc) is 2.40. The smallest absolute Gasteiger partial charge is 0.236 e. The summed E-state index contributed by atoms with van der Waals surface area (Å²) in [6.07, 6.45) is 1.08. The highest BCUT2D eigenvalue weighted by Crippen LogP contribution is 2.31. The third kappa shape index (κ3) is 2.83. The molecule has 1 rings (SSSR count). The maximum atomic E-state index is 12.8. The number of amides is 1. The van der Waals surface area contributed by atoms with E-state index in [0.29, 0.717) is 19.4 Å². The summed E-state index contributed by atoms with van der Waals surface area (Å²) in [6, 6.07) is 0.148. The standard InChI is InChI=1S/C13H26N4O2/c1-5-13(6-2,11(14)15-19)12(18)17-8-7-16(4)9-10(17)3/h10,19H,5-9H2,1-4H3,(H2,14,15). The van der Waals surface area contributed by atoms with Crippen LogP contribution in [0.2, 0.25) is 0 Å². The van der Waals surface area contributed by atoms with Crippen LogP contribution in [0.4, 0.5) is 0 Å². The topological polar surface area (TPSA) is 82.2 Å². The molecule has 0 bridgehead atoms. The van der Waals surface area contributed by atoms with Crippen LogP contribution in [-0.4, -0.2) is 59.5 Å². The maximum absolute atomic E-state index is 12.8. The van der Waals surface area contributed by atoms with Crippen LogP contribution in [0.15, 0.2) is 5.16 Å². The van der Waals surface area contributed by atoms with Gasteiger partial charge in [-0.05, 0) is 26.8 Å². The highest BCUT2D eigenvalue weighted by Gasteiger charge is 2.44. The van der Waals surface area contributed by atoms with Crippen LogP contribution in [0, 0.1) is 5.41 Å².